The maximum absolute atomic E-state index is 12.5. The van der Waals surface area contributed by atoms with Crippen molar-refractivity contribution in [3.8, 4) is 0 Å². The average Bonchev–Trinajstić information content (AvgIpc) is 2.45. The minimum Gasteiger partial charge on any atom is -0.347 e. The van der Waals surface area contributed by atoms with Crippen LogP contribution in [0, 0.1) is 0 Å². The monoisotopic (exact) mass is 282 g/mol. The van der Waals surface area contributed by atoms with E-state index in [1.54, 1.807) is 12.4 Å². The zero-order valence-electron chi connectivity index (χ0n) is 13.1. The molecule has 110 valence electrons. The summed E-state index contributed by atoms with van der Waals surface area (Å²) in [6.07, 6.45) is 3.56. The molecule has 0 spiro atoms. The highest BCUT2D eigenvalue weighted by atomic mass is 16.1. The van der Waals surface area contributed by atoms with Gasteiger partial charge in [-0.1, -0.05) is 25.1 Å². The summed E-state index contributed by atoms with van der Waals surface area (Å²) in [5.41, 5.74) is 2.67. The second-order valence-corrected chi connectivity index (χ2v) is 6.29. The normalized spacial score (nSPS) is 12.8. The van der Waals surface area contributed by atoms with E-state index < -0.39 is 0 Å². The Bertz CT molecular complexity index is 615. The van der Waals surface area contributed by atoms with Crippen LogP contribution >= 0.6 is 0 Å². The van der Waals surface area contributed by atoms with Crippen molar-refractivity contribution < 1.29 is 4.79 Å². The Labute approximate surface area is 126 Å². The molecule has 1 atom stereocenters. The summed E-state index contributed by atoms with van der Waals surface area (Å²) in [5.74, 6) is 0.119. The third-order valence-electron chi connectivity index (χ3n) is 3.37. The van der Waals surface area contributed by atoms with Gasteiger partial charge in [-0.2, -0.15) is 0 Å². The van der Waals surface area contributed by atoms with Gasteiger partial charge in [-0.25, -0.2) is 0 Å². The summed E-state index contributed by atoms with van der Waals surface area (Å²) in [6.45, 7) is 8.07. The molecule has 0 aliphatic heterocycles. The molecule has 0 saturated carbocycles. The standard InChI is InChI=1S/C18H22N2O/c1-13(14-9-11-19-12-10-14)15-7-5-6-8-16(15)17(21)20-18(2,3)4/h5-13H,1-4H3,(H,20,21). The molecule has 2 rings (SSSR count). The third-order valence-corrected chi connectivity index (χ3v) is 3.37. The molecule has 0 aliphatic rings. The lowest BCUT2D eigenvalue weighted by Crippen LogP contribution is -2.41. The molecule has 1 unspecified atom stereocenters. The van der Waals surface area contributed by atoms with Crippen LogP contribution < -0.4 is 5.32 Å². The van der Waals surface area contributed by atoms with Gasteiger partial charge in [-0.05, 0) is 50.1 Å². The second kappa shape index (κ2) is 6.08. The first-order valence-electron chi connectivity index (χ1n) is 7.20. The SMILES string of the molecule is CC(c1ccncc1)c1ccccc1C(=O)NC(C)(C)C. The largest absolute Gasteiger partial charge is 0.347 e. The van der Waals surface area contributed by atoms with Crippen LogP contribution in [0.5, 0.6) is 0 Å². The van der Waals surface area contributed by atoms with E-state index in [9.17, 15) is 4.79 Å². The third kappa shape index (κ3) is 3.91. The highest BCUT2D eigenvalue weighted by Gasteiger charge is 2.20. The van der Waals surface area contributed by atoms with Crippen molar-refractivity contribution in [2.45, 2.75) is 39.2 Å². The molecular weight excluding hydrogens is 260 g/mol. The van der Waals surface area contributed by atoms with Crippen LogP contribution in [-0.2, 0) is 0 Å². The first kappa shape index (κ1) is 15.2. The summed E-state index contributed by atoms with van der Waals surface area (Å²) in [4.78, 5) is 16.5. The van der Waals surface area contributed by atoms with E-state index in [0.717, 1.165) is 16.7 Å². The summed E-state index contributed by atoms with van der Waals surface area (Å²) >= 11 is 0. The van der Waals surface area contributed by atoms with E-state index in [4.69, 9.17) is 0 Å². The van der Waals surface area contributed by atoms with Gasteiger partial charge in [-0.3, -0.25) is 9.78 Å². The van der Waals surface area contributed by atoms with Crippen molar-refractivity contribution in [2.75, 3.05) is 0 Å². The van der Waals surface area contributed by atoms with Gasteiger partial charge >= 0.3 is 0 Å². The van der Waals surface area contributed by atoms with Crippen molar-refractivity contribution in [3.05, 3.63) is 65.5 Å². The van der Waals surface area contributed by atoms with Gasteiger partial charge in [0, 0.05) is 29.4 Å². The van der Waals surface area contributed by atoms with Gasteiger partial charge in [-0.15, -0.1) is 0 Å². The Hall–Kier alpha value is -2.16. The molecule has 1 N–H and O–H groups in total. The molecule has 1 heterocycles. The van der Waals surface area contributed by atoms with Crippen molar-refractivity contribution in [1.82, 2.24) is 10.3 Å². The molecule has 1 aromatic heterocycles. The Balaban J connectivity index is 2.35. The van der Waals surface area contributed by atoms with Gasteiger partial charge < -0.3 is 5.32 Å². The van der Waals surface area contributed by atoms with Crippen LogP contribution in [0.4, 0.5) is 0 Å². The summed E-state index contributed by atoms with van der Waals surface area (Å²) in [7, 11) is 0. The zero-order valence-corrected chi connectivity index (χ0v) is 13.1. The van der Waals surface area contributed by atoms with E-state index in [0.29, 0.717) is 0 Å². The predicted molar refractivity (Wildman–Crippen MR) is 85.4 cm³/mol. The molecule has 3 nitrogen and oxygen atoms in total. The lowest BCUT2D eigenvalue weighted by molar-refractivity contribution is 0.0918. The quantitative estimate of drug-likeness (QED) is 0.931. The Kier molecular flexibility index (Phi) is 4.41. The Morgan fingerprint density at radius 1 is 1.10 bits per heavy atom. The molecule has 0 saturated heterocycles. The van der Waals surface area contributed by atoms with Gasteiger partial charge in [0.1, 0.15) is 0 Å². The zero-order chi connectivity index (χ0) is 15.5. The Morgan fingerprint density at radius 2 is 1.71 bits per heavy atom. The van der Waals surface area contributed by atoms with Crippen LogP contribution in [0.15, 0.2) is 48.8 Å². The maximum atomic E-state index is 12.5. The van der Waals surface area contributed by atoms with Crippen LogP contribution in [0.25, 0.3) is 0 Å². The predicted octanol–water partition coefficient (Wildman–Crippen LogP) is 3.76. The minimum absolute atomic E-state index is 0.0287. The van der Waals surface area contributed by atoms with Crippen LogP contribution in [0.3, 0.4) is 0 Å². The fourth-order valence-electron chi connectivity index (χ4n) is 2.32. The van der Waals surface area contributed by atoms with E-state index in [1.165, 1.54) is 0 Å². The van der Waals surface area contributed by atoms with Crippen molar-refractivity contribution in [2.24, 2.45) is 0 Å². The maximum Gasteiger partial charge on any atom is 0.251 e. The Morgan fingerprint density at radius 3 is 2.33 bits per heavy atom. The second-order valence-electron chi connectivity index (χ2n) is 6.29. The number of nitrogens with zero attached hydrogens (tertiary/aromatic N) is 1. The lowest BCUT2D eigenvalue weighted by Gasteiger charge is -2.23. The molecule has 2 aromatic rings. The van der Waals surface area contributed by atoms with Gasteiger partial charge in [0.2, 0.25) is 0 Å². The number of carbonyl (C=O) groups is 1. The van der Waals surface area contributed by atoms with Gasteiger partial charge in [0.25, 0.3) is 5.91 Å². The van der Waals surface area contributed by atoms with E-state index in [2.05, 4.69) is 17.2 Å². The number of pyridine rings is 1. The first-order chi connectivity index (χ1) is 9.88. The molecule has 0 aliphatic carbocycles. The number of carbonyl (C=O) groups excluding carboxylic acids is 1. The molecule has 3 heteroatoms. The van der Waals surface area contributed by atoms with E-state index in [1.807, 2.05) is 57.2 Å². The smallest absolute Gasteiger partial charge is 0.251 e. The highest BCUT2D eigenvalue weighted by Crippen LogP contribution is 2.26. The fourth-order valence-corrected chi connectivity index (χ4v) is 2.32. The molecule has 0 fully saturated rings. The highest BCUT2D eigenvalue weighted by molar-refractivity contribution is 5.96. The molecule has 1 amide bonds. The molecule has 0 bridgehead atoms. The minimum atomic E-state index is -0.246. The number of rotatable bonds is 3. The fraction of sp³-hybridized carbons (Fsp3) is 0.333. The molecule has 0 radical (unpaired) electrons. The number of hydrogen-bond donors (Lipinski definition) is 1. The van der Waals surface area contributed by atoms with Crippen molar-refractivity contribution in [3.63, 3.8) is 0 Å². The van der Waals surface area contributed by atoms with E-state index >= 15 is 0 Å². The number of amides is 1. The summed E-state index contributed by atoms with van der Waals surface area (Å²) in [6, 6.07) is 11.8. The number of aromatic nitrogens is 1. The van der Waals surface area contributed by atoms with Crippen LogP contribution in [-0.4, -0.2) is 16.4 Å². The number of benzene rings is 1. The van der Waals surface area contributed by atoms with Crippen molar-refractivity contribution >= 4 is 5.91 Å². The van der Waals surface area contributed by atoms with Gasteiger partial charge in [0.15, 0.2) is 0 Å². The average molecular weight is 282 g/mol. The summed E-state index contributed by atoms with van der Waals surface area (Å²) < 4.78 is 0. The van der Waals surface area contributed by atoms with Crippen LogP contribution in [0.2, 0.25) is 0 Å². The molecule has 1 aromatic carbocycles. The number of nitrogens with one attached hydrogen (secondary N) is 1. The van der Waals surface area contributed by atoms with Crippen molar-refractivity contribution in [1.29, 1.82) is 0 Å². The first-order valence-corrected chi connectivity index (χ1v) is 7.20. The van der Waals surface area contributed by atoms with E-state index in [-0.39, 0.29) is 17.4 Å². The summed E-state index contributed by atoms with van der Waals surface area (Å²) in [5, 5.41) is 3.03. The van der Waals surface area contributed by atoms with Gasteiger partial charge in [0.05, 0.1) is 0 Å². The van der Waals surface area contributed by atoms with Crippen LogP contribution in [0.1, 0.15) is 55.1 Å². The molecule has 21 heavy (non-hydrogen) atoms. The molecular formula is C18H22N2O. The topological polar surface area (TPSA) is 42.0 Å². The number of hydrogen-bond acceptors (Lipinski definition) is 2. The lowest BCUT2D eigenvalue weighted by atomic mass is 9.89.